The Morgan fingerprint density at radius 2 is 0.899 bits per heavy atom. The molecule has 2 aliphatic heterocycles. The van der Waals surface area contributed by atoms with Crippen LogP contribution >= 0.6 is 0 Å². The van der Waals surface area contributed by atoms with Crippen molar-refractivity contribution in [2.75, 3.05) is 59.7 Å². The number of piperidine rings is 2. The van der Waals surface area contributed by atoms with Gasteiger partial charge in [-0.3, -0.25) is 38.4 Å². The third kappa shape index (κ3) is 22.2. The molecule has 0 spiro atoms. The highest BCUT2D eigenvalue weighted by molar-refractivity contribution is 6.01. The van der Waals surface area contributed by atoms with Crippen molar-refractivity contribution in [3.8, 4) is 0 Å². The molecule has 2 saturated heterocycles. The van der Waals surface area contributed by atoms with Crippen LogP contribution in [0.2, 0.25) is 0 Å². The number of hydrogen-bond donors (Lipinski definition) is 7. The number of amides is 8. The number of carbonyl (C=O) groups excluding carboxylic acids is 8. The molecular weight excluding hydrogens is 1430 g/mol. The Labute approximate surface area is 628 Å². The lowest BCUT2D eigenvalue weighted by molar-refractivity contribution is -0.138. The molecule has 10 rings (SSSR count). The molecule has 0 bridgehead atoms. The molecule has 4 fully saturated rings. The number of alkyl halides is 6. The number of nitrogens with two attached hydrogens (primary N) is 2. The fraction of sp³-hybridized carbons (Fsp3) is 0.438. The van der Waals surface area contributed by atoms with Gasteiger partial charge >= 0.3 is 24.4 Å². The van der Waals surface area contributed by atoms with Crippen molar-refractivity contribution in [2.24, 2.45) is 23.3 Å². The van der Waals surface area contributed by atoms with Crippen molar-refractivity contribution in [2.45, 2.75) is 175 Å². The second-order valence-electron chi connectivity index (χ2n) is 28.3. The molecule has 29 heteroatoms. The van der Waals surface area contributed by atoms with E-state index >= 15 is 8.78 Å². The largest absolute Gasteiger partial charge is 0.480 e. The zero-order valence-corrected chi connectivity index (χ0v) is 61.2. The van der Waals surface area contributed by atoms with Crippen molar-refractivity contribution >= 4 is 76.2 Å². The van der Waals surface area contributed by atoms with Crippen molar-refractivity contribution in [3.05, 3.63) is 189 Å². The normalized spacial score (nSPS) is 17.4. The van der Waals surface area contributed by atoms with Crippen LogP contribution in [0.1, 0.15) is 183 Å². The highest BCUT2D eigenvalue weighted by Crippen LogP contribution is 2.44. The summed E-state index contributed by atoms with van der Waals surface area (Å²) in [7, 11) is 0. The molecule has 6 aromatic carbocycles. The number of ether oxygens (including phenoxy) is 1. The SMILES string of the molecule is C.CC(C)(C)OC(=O)NCC(=O)O.Cc1ccc(NC(=O)[C@H]2CCCN(C(=O)c3c(C)cccc3F)[C@H]2c2ccc(N(C(=O)CN)C3CCCC3)cc2)cc1C(F)(F)F.Cc1ccc(NC(=O)[C@H]2CCCN(C(=O)c3c(C)cccc3F)[C@H]2c2ccc(N(C(=O)CNC(=O)CN)C3CCCC3)cc2)cc1C(F)(F)F. The summed E-state index contributed by atoms with van der Waals surface area (Å²) < 4.78 is 117. The van der Waals surface area contributed by atoms with Crippen LogP contribution in [0.4, 0.5) is 62.7 Å². The first-order valence-corrected chi connectivity index (χ1v) is 35.8. The minimum Gasteiger partial charge on any atom is -0.480 e. The maximum atomic E-state index is 15.1. The number of carboxylic acids is 1. The first-order valence-electron chi connectivity index (χ1n) is 35.8. The summed E-state index contributed by atoms with van der Waals surface area (Å²) in [5.74, 6) is -7.57. The van der Waals surface area contributed by atoms with Gasteiger partial charge in [-0.15, -0.1) is 0 Å². The van der Waals surface area contributed by atoms with Gasteiger partial charge in [0.1, 0.15) is 23.8 Å². The van der Waals surface area contributed by atoms with Crippen LogP contribution in [0, 0.1) is 51.2 Å². The molecule has 6 aromatic rings. The van der Waals surface area contributed by atoms with E-state index in [1.807, 2.05) is 0 Å². The maximum Gasteiger partial charge on any atom is 0.416 e. The van der Waals surface area contributed by atoms with Gasteiger partial charge in [0.2, 0.25) is 29.5 Å². The molecule has 0 aromatic heterocycles. The Morgan fingerprint density at radius 1 is 0.505 bits per heavy atom. The number of rotatable bonds is 18. The topological polar surface area (TPSA) is 296 Å². The monoisotopic (exact) mass is 1520 g/mol. The van der Waals surface area contributed by atoms with Gasteiger partial charge < -0.3 is 62.2 Å². The van der Waals surface area contributed by atoms with Crippen LogP contribution in [-0.4, -0.2) is 125 Å². The Hall–Kier alpha value is -10.3. The van der Waals surface area contributed by atoms with Gasteiger partial charge in [-0.1, -0.05) is 93.8 Å². The molecule has 4 atom stereocenters. The van der Waals surface area contributed by atoms with E-state index in [4.69, 9.17) is 21.3 Å². The molecule has 109 heavy (non-hydrogen) atoms. The van der Waals surface area contributed by atoms with Crippen LogP contribution in [-0.2, 0) is 45.9 Å². The lowest BCUT2D eigenvalue weighted by Gasteiger charge is -2.41. The molecule has 8 amide bonds. The van der Waals surface area contributed by atoms with E-state index in [9.17, 15) is 69.5 Å². The first kappa shape index (κ1) is 86.0. The van der Waals surface area contributed by atoms with Crippen LogP contribution in [0.25, 0.3) is 0 Å². The van der Waals surface area contributed by atoms with Gasteiger partial charge in [0, 0.05) is 47.9 Å². The van der Waals surface area contributed by atoms with Gasteiger partial charge in [-0.2, -0.15) is 26.3 Å². The van der Waals surface area contributed by atoms with Gasteiger partial charge in [0.25, 0.3) is 11.8 Å². The number of nitrogens with zero attached hydrogens (tertiary/aromatic N) is 4. The molecule has 2 saturated carbocycles. The third-order valence-electron chi connectivity index (χ3n) is 19.5. The Kier molecular flexibility index (Phi) is 29.7. The summed E-state index contributed by atoms with van der Waals surface area (Å²) in [6.07, 6.45) is -1.28. The Morgan fingerprint density at radius 3 is 1.25 bits per heavy atom. The first-order chi connectivity index (χ1) is 51.0. The quantitative estimate of drug-likeness (QED) is 0.0394. The van der Waals surface area contributed by atoms with E-state index in [2.05, 4.69) is 21.3 Å². The lowest BCUT2D eigenvalue weighted by Crippen LogP contribution is -2.47. The second kappa shape index (κ2) is 37.7. The molecule has 9 N–H and O–H groups in total. The highest BCUT2D eigenvalue weighted by atomic mass is 19.4. The molecule has 2 heterocycles. The van der Waals surface area contributed by atoms with Gasteiger partial charge in [0.15, 0.2) is 0 Å². The molecular formula is C80H96F8N10O11. The van der Waals surface area contributed by atoms with E-state index in [1.165, 1.54) is 72.2 Å². The van der Waals surface area contributed by atoms with Crippen LogP contribution in [0.5, 0.6) is 0 Å². The highest BCUT2D eigenvalue weighted by Gasteiger charge is 2.44. The van der Waals surface area contributed by atoms with E-state index in [0.717, 1.165) is 63.5 Å². The van der Waals surface area contributed by atoms with E-state index in [-0.39, 0.29) is 97.7 Å². The molecule has 588 valence electrons. The van der Waals surface area contributed by atoms with Gasteiger partial charge in [-0.25, -0.2) is 13.6 Å². The summed E-state index contributed by atoms with van der Waals surface area (Å²) in [4.78, 5) is 121. The number of aryl methyl sites for hydroxylation is 4. The van der Waals surface area contributed by atoms with Crippen molar-refractivity contribution < 1.29 is 88.1 Å². The number of hydrogen-bond acceptors (Lipinski definition) is 12. The van der Waals surface area contributed by atoms with Crippen molar-refractivity contribution in [1.82, 2.24) is 20.4 Å². The number of carbonyl (C=O) groups is 9. The van der Waals surface area contributed by atoms with Crippen LogP contribution < -0.4 is 42.5 Å². The number of anilines is 4. The minimum absolute atomic E-state index is 0. The number of aliphatic carboxylic acids is 1. The van der Waals surface area contributed by atoms with Gasteiger partial charge in [-0.05, 0) is 194 Å². The standard InChI is InChI=1S/C37H41F4N5O4.C35H38F4N4O3.C7H13NO4.CH4/c1-22-12-15-25(19-29(22)37(39,40)41)44-35(49)28-10-6-18-45(36(50)33-23(2)7-5-11-30(33)38)34(28)24-13-16-27(17-14-24)46(26-8-3-4-9-26)32(48)21-43-31(47)20-42;1-21-12-15-24(19-28(21)35(37,38)39)41-33(45)27-10-6-18-42(34(46)31-22(2)7-5-11-29(31)36)32(27)23-13-16-26(17-14-23)43(30(44)20-40)25-8-3-4-9-25;1-7(2,3)12-6(11)8-4-5(9)10;/h5,7,11-17,19,26,28,34H,3-4,6,8-10,18,20-21,42H2,1-2H3,(H,43,47)(H,44,49);5,7,11-17,19,25,27,32H,3-4,6,8-10,18,20,40H2,1-2H3,(H,41,45);4H2,1-3H3,(H,8,11)(H,9,10);1H4/t28-,34-;27-,32-;;/m00../s1. The summed E-state index contributed by atoms with van der Waals surface area (Å²) in [6.45, 7) is 10.4. The number of halogens is 8. The zero-order chi connectivity index (χ0) is 79.1. The molecule has 21 nitrogen and oxygen atoms in total. The second-order valence-corrected chi connectivity index (χ2v) is 28.3. The smallest absolute Gasteiger partial charge is 0.416 e. The van der Waals surface area contributed by atoms with Crippen LogP contribution in [0.3, 0.4) is 0 Å². The fourth-order valence-corrected chi connectivity index (χ4v) is 14.4. The van der Waals surface area contributed by atoms with E-state index in [1.54, 1.807) is 105 Å². The van der Waals surface area contributed by atoms with E-state index in [0.29, 0.717) is 59.3 Å². The zero-order valence-electron chi connectivity index (χ0n) is 61.2. The van der Waals surface area contributed by atoms with E-state index < -0.39 is 113 Å². The average Bonchev–Trinajstić information content (AvgIpc) is 1.20. The third-order valence-corrected chi connectivity index (χ3v) is 19.5. The van der Waals surface area contributed by atoms with Crippen LogP contribution in [0.15, 0.2) is 121 Å². The number of carboxylic acid groups (broad SMARTS) is 1. The van der Waals surface area contributed by atoms with Gasteiger partial charge in [0.05, 0.1) is 65.8 Å². The summed E-state index contributed by atoms with van der Waals surface area (Å²) in [5, 5.41) is 18.1. The average molecular weight is 1530 g/mol. The number of likely N-dealkylation sites (tertiary alicyclic amines) is 2. The number of alkyl carbamates (subject to hydrolysis) is 1. The number of nitrogens with one attached hydrogen (secondary N) is 4. The minimum atomic E-state index is -4.62. The van der Waals surface area contributed by atoms with Crippen molar-refractivity contribution in [3.63, 3.8) is 0 Å². The predicted molar refractivity (Wildman–Crippen MR) is 397 cm³/mol. The Bertz CT molecular complexity index is 4200. The molecule has 0 unspecified atom stereocenters. The summed E-state index contributed by atoms with van der Waals surface area (Å²) in [6, 6.07) is 27.9. The summed E-state index contributed by atoms with van der Waals surface area (Å²) in [5.41, 5.74) is 11.7. The molecule has 0 radical (unpaired) electrons. The molecule has 4 aliphatic rings. The van der Waals surface area contributed by atoms with Crippen molar-refractivity contribution in [1.29, 1.82) is 0 Å². The number of benzene rings is 6. The summed E-state index contributed by atoms with van der Waals surface area (Å²) >= 11 is 0. The lowest BCUT2D eigenvalue weighted by atomic mass is 9.83. The predicted octanol–water partition coefficient (Wildman–Crippen LogP) is 14.2. The fourth-order valence-electron chi connectivity index (χ4n) is 14.4. The molecule has 2 aliphatic carbocycles. The Balaban J connectivity index is 0.000000262. The maximum absolute atomic E-state index is 15.1.